The summed E-state index contributed by atoms with van der Waals surface area (Å²) in [4.78, 5) is 6.83. The van der Waals surface area contributed by atoms with Gasteiger partial charge in [0.05, 0.1) is 24.3 Å². The maximum Gasteiger partial charge on any atom is 0.0991 e. The average Bonchev–Trinajstić information content (AvgIpc) is 3.10. The van der Waals surface area contributed by atoms with Gasteiger partial charge >= 0.3 is 0 Å². The van der Waals surface area contributed by atoms with Gasteiger partial charge in [-0.2, -0.15) is 5.26 Å². The predicted octanol–water partition coefficient (Wildman–Crippen LogP) is 4.20. The van der Waals surface area contributed by atoms with Crippen LogP contribution in [-0.4, -0.2) is 35.7 Å². The lowest BCUT2D eigenvalue weighted by molar-refractivity contribution is -0.223. The van der Waals surface area contributed by atoms with Gasteiger partial charge in [0, 0.05) is 36.3 Å². The Morgan fingerprint density at radius 2 is 2.04 bits per heavy atom. The van der Waals surface area contributed by atoms with Gasteiger partial charge in [0.15, 0.2) is 0 Å². The molecular formula is C24H29N3O. The zero-order valence-corrected chi connectivity index (χ0v) is 16.9. The number of nitriles is 1. The molecule has 1 aromatic carbocycles. The number of likely N-dealkylation sites (tertiary alicyclic amines) is 1. The molecule has 0 amide bonds. The Morgan fingerprint density at radius 1 is 1.21 bits per heavy atom. The molecule has 0 radical (unpaired) electrons. The Morgan fingerprint density at radius 3 is 2.64 bits per heavy atom. The third kappa shape index (κ3) is 3.83. The lowest BCUT2D eigenvalue weighted by Crippen LogP contribution is -2.58. The van der Waals surface area contributed by atoms with Crippen molar-refractivity contribution in [2.45, 2.75) is 45.8 Å². The summed E-state index contributed by atoms with van der Waals surface area (Å²) in [6, 6.07) is 14.4. The first kappa shape index (κ1) is 19.1. The van der Waals surface area contributed by atoms with E-state index in [0.29, 0.717) is 6.10 Å². The first-order valence-corrected chi connectivity index (χ1v) is 10.2. The van der Waals surface area contributed by atoms with Crippen molar-refractivity contribution in [1.29, 1.82) is 5.26 Å². The van der Waals surface area contributed by atoms with Crippen molar-refractivity contribution in [2.24, 2.45) is 10.8 Å². The number of nitrogens with zero attached hydrogens (tertiary/aromatic N) is 3. The molecule has 28 heavy (non-hydrogen) atoms. The van der Waals surface area contributed by atoms with Gasteiger partial charge in [-0.3, -0.25) is 9.88 Å². The first-order chi connectivity index (χ1) is 13.5. The molecular weight excluding hydrogens is 346 g/mol. The number of benzene rings is 1. The van der Waals surface area contributed by atoms with E-state index >= 15 is 0 Å². The SMILES string of the molecule is CC1(C)COC1[C@]1(CCc2ccc(C#N)cc2)CCN(Cc2cccnc2)C1. The van der Waals surface area contributed by atoms with Crippen molar-refractivity contribution in [2.75, 3.05) is 19.7 Å². The lowest BCUT2D eigenvalue weighted by Gasteiger charge is -2.54. The summed E-state index contributed by atoms with van der Waals surface area (Å²) in [6.07, 6.45) is 7.45. The van der Waals surface area contributed by atoms with Crippen LogP contribution in [0.15, 0.2) is 48.8 Å². The molecule has 0 bridgehead atoms. The van der Waals surface area contributed by atoms with E-state index in [4.69, 9.17) is 10.00 Å². The van der Waals surface area contributed by atoms with Gasteiger partial charge in [-0.1, -0.05) is 32.0 Å². The summed E-state index contributed by atoms with van der Waals surface area (Å²) in [7, 11) is 0. The van der Waals surface area contributed by atoms with Gasteiger partial charge in [0.1, 0.15) is 0 Å². The van der Waals surface area contributed by atoms with Gasteiger partial charge < -0.3 is 4.74 Å². The third-order valence-electron chi connectivity index (χ3n) is 6.48. The van der Waals surface area contributed by atoms with Gasteiger partial charge in [0.25, 0.3) is 0 Å². The average molecular weight is 376 g/mol. The summed E-state index contributed by atoms with van der Waals surface area (Å²) in [5, 5.41) is 9.02. The maximum atomic E-state index is 9.02. The van der Waals surface area contributed by atoms with Gasteiger partial charge in [-0.05, 0) is 55.1 Å². The van der Waals surface area contributed by atoms with Crippen molar-refractivity contribution >= 4 is 0 Å². The summed E-state index contributed by atoms with van der Waals surface area (Å²) in [6.45, 7) is 8.69. The molecule has 2 saturated heterocycles. The molecule has 2 fully saturated rings. The summed E-state index contributed by atoms with van der Waals surface area (Å²) < 4.78 is 6.17. The van der Waals surface area contributed by atoms with Crippen LogP contribution in [0.25, 0.3) is 0 Å². The van der Waals surface area contributed by atoms with E-state index in [1.807, 2.05) is 30.6 Å². The van der Waals surface area contributed by atoms with Crippen molar-refractivity contribution in [3.63, 3.8) is 0 Å². The Kier molecular flexibility index (Phi) is 5.23. The van der Waals surface area contributed by atoms with E-state index in [1.165, 1.54) is 17.5 Å². The molecule has 2 aliphatic rings. The molecule has 2 atom stereocenters. The number of aromatic nitrogens is 1. The van der Waals surface area contributed by atoms with Crippen molar-refractivity contribution in [3.05, 3.63) is 65.5 Å². The number of hydrogen-bond acceptors (Lipinski definition) is 4. The predicted molar refractivity (Wildman–Crippen MR) is 110 cm³/mol. The minimum Gasteiger partial charge on any atom is -0.376 e. The second-order valence-corrected chi connectivity index (χ2v) is 9.17. The lowest BCUT2D eigenvalue weighted by atomic mass is 9.64. The topological polar surface area (TPSA) is 49.1 Å². The van der Waals surface area contributed by atoms with Crippen LogP contribution in [0.1, 0.15) is 43.4 Å². The largest absolute Gasteiger partial charge is 0.376 e. The van der Waals surface area contributed by atoms with Crippen LogP contribution >= 0.6 is 0 Å². The van der Waals surface area contributed by atoms with Crippen LogP contribution in [0, 0.1) is 22.2 Å². The third-order valence-corrected chi connectivity index (χ3v) is 6.48. The Balaban J connectivity index is 1.48. The highest BCUT2D eigenvalue weighted by Crippen LogP contribution is 2.51. The number of ether oxygens (including phenoxy) is 1. The van der Waals surface area contributed by atoms with Crippen LogP contribution < -0.4 is 0 Å². The number of pyridine rings is 1. The quantitative estimate of drug-likeness (QED) is 0.759. The summed E-state index contributed by atoms with van der Waals surface area (Å²) in [5.74, 6) is 0. The van der Waals surface area contributed by atoms with Crippen LogP contribution in [0.2, 0.25) is 0 Å². The van der Waals surface area contributed by atoms with Crippen molar-refractivity contribution in [1.82, 2.24) is 9.88 Å². The summed E-state index contributed by atoms with van der Waals surface area (Å²) in [5.41, 5.74) is 3.75. The van der Waals surface area contributed by atoms with Crippen LogP contribution in [0.3, 0.4) is 0 Å². The smallest absolute Gasteiger partial charge is 0.0991 e. The van der Waals surface area contributed by atoms with Crippen LogP contribution in [0.5, 0.6) is 0 Å². The summed E-state index contributed by atoms with van der Waals surface area (Å²) >= 11 is 0. The zero-order chi connectivity index (χ0) is 19.6. The molecule has 0 N–H and O–H groups in total. The number of aryl methyl sites for hydroxylation is 1. The highest BCUT2D eigenvalue weighted by Gasteiger charge is 2.55. The Labute approximate surface area is 168 Å². The molecule has 1 aromatic heterocycles. The van der Waals surface area contributed by atoms with Crippen molar-refractivity contribution in [3.8, 4) is 6.07 Å². The Bertz CT molecular complexity index is 840. The molecule has 146 valence electrons. The molecule has 4 rings (SSSR count). The number of hydrogen-bond donors (Lipinski definition) is 0. The van der Waals surface area contributed by atoms with Crippen LogP contribution in [0.4, 0.5) is 0 Å². The molecule has 4 heteroatoms. The van der Waals surface area contributed by atoms with E-state index in [-0.39, 0.29) is 10.8 Å². The minimum atomic E-state index is 0.192. The fourth-order valence-electron chi connectivity index (χ4n) is 5.06. The highest BCUT2D eigenvalue weighted by atomic mass is 16.5. The monoisotopic (exact) mass is 375 g/mol. The van der Waals surface area contributed by atoms with E-state index in [1.54, 1.807) is 0 Å². The van der Waals surface area contributed by atoms with Crippen LogP contribution in [-0.2, 0) is 17.7 Å². The molecule has 0 aliphatic carbocycles. The van der Waals surface area contributed by atoms with E-state index < -0.39 is 0 Å². The van der Waals surface area contributed by atoms with E-state index in [0.717, 1.165) is 44.6 Å². The van der Waals surface area contributed by atoms with E-state index in [2.05, 4.69) is 48.0 Å². The zero-order valence-electron chi connectivity index (χ0n) is 16.9. The fourth-order valence-corrected chi connectivity index (χ4v) is 5.06. The van der Waals surface area contributed by atoms with Gasteiger partial charge in [-0.15, -0.1) is 0 Å². The normalized spacial score (nSPS) is 26.5. The Hall–Kier alpha value is -2.22. The van der Waals surface area contributed by atoms with Gasteiger partial charge in [-0.25, -0.2) is 0 Å². The van der Waals surface area contributed by atoms with E-state index in [9.17, 15) is 0 Å². The first-order valence-electron chi connectivity index (χ1n) is 10.2. The molecule has 4 nitrogen and oxygen atoms in total. The fraction of sp³-hybridized carbons (Fsp3) is 0.500. The minimum absolute atomic E-state index is 0.192. The molecule has 2 aromatic rings. The number of rotatable bonds is 6. The second-order valence-electron chi connectivity index (χ2n) is 9.17. The second kappa shape index (κ2) is 7.66. The molecule has 0 saturated carbocycles. The molecule has 1 unspecified atom stereocenters. The standard InChI is InChI=1S/C24H29N3O/c1-23(2)18-28-22(23)24(10-9-19-5-7-20(14-25)8-6-19)11-13-27(17-24)16-21-4-3-12-26-15-21/h3-8,12,15,22H,9-11,13,16-18H2,1-2H3/t22?,24-/m1/s1. The highest BCUT2D eigenvalue weighted by molar-refractivity contribution is 5.31. The molecule has 3 heterocycles. The molecule has 0 spiro atoms. The maximum absolute atomic E-state index is 9.02. The van der Waals surface area contributed by atoms with Crippen molar-refractivity contribution < 1.29 is 4.74 Å². The van der Waals surface area contributed by atoms with Gasteiger partial charge in [0.2, 0.25) is 0 Å². The molecule has 2 aliphatic heterocycles.